The van der Waals surface area contributed by atoms with Gasteiger partial charge in [-0.2, -0.15) is 0 Å². The number of benzene rings is 1. The highest BCUT2D eigenvalue weighted by atomic mass is 16.1. The fraction of sp³-hybridized carbons (Fsp3) is 0.200. The van der Waals surface area contributed by atoms with Crippen LogP contribution in [0.5, 0.6) is 0 Å². The van der Waals surface area contributed by atoms with E-state index in [0.717, 1.165) is 5.69 Å². The number of rotatable bonds is 3. The fourth-order valence-electron chi connectivity index (χ4n) is 1.98. The van der Waals surface area contributed by atoms with E-state index in [-0.39, 0.29) is 16.9 Å². The standard InChI is InChI=1S/C15H15NO2/c1-3-16-11(2)9-10-13(15(16)18)14(17)12-7-5-4-6-8-12/h4-10H,3H2,1-2H3. The molecule has 0 saturated heterocycles. The number of ketones is 1. The summed E-state index contributed by atoms with van der Waals surface area (Å²) < 4.78 is 1.61. The largest absolute Gasteiger partial charge is 0.313 e. The van der Waals surface area contributed by atoms with Gasteiger partial charge in [0.1, 0.15) is 0 Å². The molecule has 0 aliphatic carbocycles. The lowest BCUT2D eigenvalue weighted by molar-refractivity contribution is 0.103. The Balaban J connectivity index is 2.54. The first kappa shape index (κ1) is 12.3. The van der Waals surface area contributed by atoms with Crippen molar-refractivity contribution in [2.75, 3.05) is 0 Å². The zero-order chi connectivity index (χ0) is 13.1. The highest BCUT2D eigenvalue weighted by Crippen LogP contribution is 2.07. The molecule has 1 heterocycles. The summed E-state index contributed by atoms with van der Waals surface area (Å²) in [6.07, 6.45) is 0. The van der Waals surface area contributed by atoms with Crippen molar-refractivity contribution in [2.45, 2.75) is 20.4 Å². The third-order valence-corrected chi connectivity index (χ3v) is 2.99. The Labute approximate surface area is 106 Å². The second-order valence-corrected chi connectivity index (χ2v) is 4.13. The van der Waals surface area contributed by atoms with Crippen molar-refractivity contribution in [1.29, 1.82) is 0 Å². The normalized spacial score (nSPS) is 10.3. The van der Waals surface area contributed by atoms with Crippen molar-refractivity contribution >= 4 is 5.78 Å². The molecule has 92 valence electrons. The lowest BCUT2D eigenvalue weighted by atomic mass is 10.0. The predicted molar refractivity (Wildman–Crippen MR) is 71.0 cm³/mol. The van der Waals surface area contributed by atoms with Crippen LogP contribution in [-0.2, 0) is 6.54 Å². The highest BCUT2D eigenvalue weighted by molar-refractivity contribution is 6.08. The molecule has 0 aliphatic heterocycles. The van der Waals surface area contributed by atoms with Gasteiger partial charge in [-0.25, -0.2) is 0 Å². The van der Waals surface area contributed by atoms with Crippen LogP contribution < -0.4 is 5.56 Å². The zero-order valence-electron chi connectivity index (χ0n) is 10.5. The van der Waals surface area contributed by atoms with Crippen molar-refractivity contribution in [2.24, 2.45) is 0 Å². The molecule has 3 nitrogen and oxygen atoms in total. The average molecular weight is 241 g/mol. The monoisotopic (exact) mass is 241 g/mol. The molecule has 0 spiro atoms. The predicted octanol–water partition coefficient (Wildman–Crippen LogP) is 2.41. The summed E-state index contributed by atoms with van der Waals surface area (Å²) in [5, 5.41) is 0. The van der Waals surface area contributed by atoms with E-state index in [1.807, 2.05) is 19.9 Å². The second-order valence-electron chi connectivity index (χ2n) is 4.13. The molecule has 0 amide bonds. The van der Waals surface area contributed by atoms with E-state index in [9.17, 15) is 9.59 Å². The summed E-state index contributed by atoms with van der Waals surface area (Å²) in [4.78, 5) is 24.4. The number of aromatic nitrogens is 1. The van der Waals surface area contributed by atoms with Crippen molar-refractivity contribution in [3.8, 4) is 0 Å². The van der Waals surface area contributed by atoms with Gasteiger partial charge in [0.25, 0.3) is 5.56 Å². The topological polar surface area (TPSA) is 39.1 Å². The van der Waals surface area contributed by atoms with Crippen LogP contribution in [0.2, 0.25) is 0 Å². The van der Waals surface area contributed by atoms with Crippen molar-refractivity contribution in [3.05, 3.63) is 69.6 Å². The zero-order valence-corrected chi connectivity index (χ0v) is 10.5. The molecule has 2 aromatic rings. The summed E-state index contributed by atoms with van der Waals surface area (Å²) in [5.74, 6) is -0.220. The van der Waals surface area contributed by atoms with Gasteiger partial charge in [0.15, 0.2) is 5.78 Å². The van der Waals surface area contributed by atoms with Gasteiger partial charge in [-0.3, -0.25) is 9.59 Å². The number of hydrogen-bond acceptors (Lipinski definition) is 2. The van der Waals surface area contributed by atoms with Crippen LogP contribution >= 0.6 is 0 Å². The molecule has 18 heavy (non-hydrogen) atoms. The second kappa shape index (κ2) is 5.00. The minimum Gasteiger partial charge on any atom is -0.313 e. The molecule has 0 unspecified atom stereocenters. The minimum absolute atomic E-state index is 0.216. The summed E-state index contributed by atoms with van der Waals surface area (Å²) >= 11 is 0. The summed E-state index contributed by atoms with van der Waals surface area (Å²) in [5.41, 5.74) is 1.42. The number of hydrogen-bond donors (Lipinski definition) is 0. The summed E-state index contributed by atoms with van der Waals surface area (Å²) in [6.45, 7) is 4.33. The molecule has 0 saturated carbocycles. The van der Waals surface area contributed by atoms with Crippen LogP contribution in [0.3, 0.4) is 0 Å². The van der Waals surface area contributed by atoms with Gasteiger partial charge < -0.3 is 4.57 Å². The van der Waals surface area contributed by atoms with Crippen LogP contribution in [0.4, 0.5) is 0 Å². The Kier molecular flexibility index (Phi) is 3.42. The van der Waals surface area contributed by atoms with Crippen LogP contribution in [0, 0.1) is 6.92 Å². The third kappa shape index (κ3) is 2.12. The van der Waals surface area contributed by atoms with Crippen molar-refractivity contribution in [3.63, 3.8) is 0 Å². The van der Waals surface area contributed by atoms with E-state index < -0.39 is 0 Å². The van der Waals surface area contributed by atoms with Crippen molar-refractivity contribution < 1.29 is 4.79 Å². The molecule has 0 fully saturated rings. The van der Waals surface area contributed by atoms with Crippen LogP contribution in [-0.4, -0.2) is 10.4 Å². The van der Waals surface area contributed by atoms with E-state index >= 15 is 0 Å². The third-order valence-electron chi connectivity index (χ3n) is 2.99. The van der Waals surface area contributed by atoms with Gasteiger partial charge in [-0.1, -0.05) is 30.3 Å². The highest BCUT2D eigenvalue weighted by Gasteiger charge is 2.14. The molecule has 1 aromatic heterocycles. The maximum atomic E-state index is 12.2. The van der Waals surface area contributed by atoms with Gasteiger partial charge in [0, 0.05) is 17.8 Å². The smallest absolute Gasteiger partial charge is 0.261 e. The summed E-state index contributed by atoms with van der Waals surface area (Å²) in [6, 6.07) is 12.3. The van der Waals surface area contributed by atoms with Gasteiger partial charge in [-0.05, 0) is 26.0 Å². The van der Waals surface area contributed by atoms with E-state index in [1.54, 1.807) is 41.0 Å². The first-order valence-corrected chi connectivity index (χ1v) is 5.95. The summed E-state index contributed by atoms with van der Waals surface area (Å²) in [7, 11) is 0. The van der Waals surface area contributed by atoms with Gasteiger partial charge in [0.05, 0.1) is 5.56 Å². The number of carbonyl (C=O) groups is 1. The lowest BCUT2D eigenvalue weighted by Crippen LogP contribution is -2.27. The van der Waals surface area contributed by atoms with Crippen LogP contribution in [0.15, 0.2) is 47.3 Å². The molecular formula is C15H15NO2. The minimum atomic E-state index is -0.220. The van der Waals surface area contributed by atoms with Gasteiger partial charge in [-0.15, -0.1) is 0 Å². The first-order chi connectivity index (χ1) is 8.65. The first-order valence-electron chi connectivity index (χ1n) is 5.95. The van der Waals surface area contributed by atoms with E-state index in [4.69, 9.17) is 0 Å². The van der Waals surface area contributed by atoms with E-state index in [2.05, 4.69) is 0 Å². The van der Waals surface area contributed by atoms with Crippen molar-refractivity contribution in [1.82, 2.24) is 4.57 Å². The Hall–Kier alpha value is -2.16. The quantitative estimate of drug-likeness (QED) is 0.774. The van der Waals surface area contributed by atoms with Crippen LogP contribution in [0.1, 0.15) is 28.5 Å². The number of aryl methyl sites for hydroxylation is 1. The molecule has 0 N–H and O–H groups in total. The Morgan fingerprint density at radius 1 is 1.11 bits per heavy atom. The number of pyridine rings is 1. The molecule has 0 aliphatic rings. The van der Waals surface area contributed by atoms with Crippen LogP contribution in [0.25, 0.3) is 0 Å². The van der Waals surface area contributed by atoms with Gasteiger partial charge in [0.2, 0.25) is 0 Å². The molecule has 0 bridgehead atoms. The number of nitrogens with zero attached hydrogens (tertiary/aromatic N) is 1. The lowest BCUT2D eigenvalue weighted by Gasteiger charge is -2.08. The molecule has 3 heteroatoms. The number of carbonyl (C=O) groups excluding carboxylic acids is 1. The van der Waals surface area contributed by atoms with Gasteiger partial charge >= 0.3 is 0 Å². The average Bonchev–Trinajstić information content (AvgIpc) is 2.40. The molecule has 0 radical (unpaired) electrons. The maximum absolute atomic E-state index is 12.2. The Morgan fingerprint density at radius 2 is 1.78 bits per heavy atom. The molecule has 0 atom stereocenters. The molecular weight excluding hydrogens is 226 g/mol. The Bertz CT molecular complexity index is 627. The Morgan fingerprint density at radius 3 is 2.39 bits per heavy atom. The fourth-order valence-corrected chi connectivity index (χ4v) is 1.98. The maximum Gasteiger partial charge on any atom is 0.261 e. The SMILES string of the molecule is CCn1c(C)ccc(C(=O)c2ccccc2)c1=O. The van der Waals surface area contributed by atoms with E-state index in [1.165, 1.54) is 0 Å². The molecule has 1 aromatic carbocycles. The molecule has 2 rings (SSSR count). The van der Waals surface area contributed by atoms with E-state index in [0.29, 0.717) is 12.1 Å².